The van der Waals surface area contributed by atoms with E-state index in [4.69, 9.17) is 9.84 Å². The van der Waals surface area contributed by atoms with E-state index in [1.807, 2.05) is 0 Å². The highest BCUT2D eigenvalue weighted by Gasteiger charge is 2.20. The fourth-order valence-electron chi connectivity index (χ4n) is 2.09. The average molecular weight is 304 g/mol. The number of rotatable bonds is 7. The smallest absolute Gasteiger partial charge is 0.303 e. The normalized spacial score (nSPS) is 11.7. The minimum atomic E-state index is -0.963. The lowest BCUT2D eigenvalue weighted by atomic mass is 9.92. The summed E-state index contributed by atoms with van der Waals surface area (Å²) in [5.74, 6) is -0.750. The summed E-state index contributed by atoms with van der Waals surface area (Å²) < 4.78 is 9.69. The average Bonchev–Trinajstić information content (AvgIpc) is 2.99. The fraction of sp³-hybridized carbons (Fsp3) is 0.267. The minimum absolute atomic E-state index is 0.0332. The zero-order valence-corrected chi connectivity index (χ0v) is 12.0. The first-order valence-electron chi connectivity index (χ1n) is 6.64. The Morgan fingerprint density at radius 2 is 2.00 bits per heavy atom. The van der Waals surface area contributed by atoms with Crippen LogP contribution in [0.25, 0.3) is 0 Å². The van der Waals surface area contributed by atoms with Gasteiger partial charge in [0.1, 0.15) is 12.0 Å². The summed E-state index contributed by atoms with van der Waals surface area (Å²) in [6.45, 7) is 0. The van der Waals surface area contributed by atoms with Crippen LogP contribution in [-0.4, -0.2) is 29.2 Å². The van der Waals surface area contributed by atoms with Crippen molar-refractivity contribution in [3.63, 3.8) is 0 Å². The van der Waals surface area contributed by atoms with Gasteiger partial charge in [-0.15, -0.1) is 0 Å². The molecule has 1 amide bonds. The molecular weight excluding hydrogens is 288 g/mol. The Morgan fingerprint density at radius 1 is 1.27 bits per heavy atom. The molecule has 0 fully saturated rings. The third-order valence-corrected chi connectivity index (χ3v) is 3.15. The number of nitrogens with one attached hydrogen (secondary N) is 1. The standard InChI is InChI=1S/C15H16N2O5/c1-21-12-4-2-10(3-5-12)11(9-15(19)20)8-14(18)16-13-6-7-22-17-13/h2-7,11H,8-9H2,1H3,(H,19,20)(H,16,17,18). The van der Waals surface area contributed by atoms with Gasteiger partial charge in [-0.05, 0) is 17.7 Å². The number of hydrogen-bond donors (Lipinski definition) is 2. The number of carboxylic acids is 1. The highest BCUT2D eigenvalue weighted by atomic mass is 16.5. The van der Waals surface area contributed by atoms with Crippen molar-refractivity contribution in [1.82, 2.24) is 5.16 Å². The molecule has 0 aliphatic carbocycles. The number of ether oxygens (including phenoxy) is 1. The van der Waals surface area contributed by atoms with Crippen LogP contribution in [0.15, 0.2) is 41.1 Å². The van der Waals surface area contributed by atoms with Gasteiger partial charge < -0.3 is 19.7 Å². The van der Waals surface area contributed by atoms with Gasteiger partial charge in [-0.2, -0.15) is 0 Å². The summed E-state index contributed by atoms with van der Waals surface area (Å²) in [6, 6.07) is 8.50. The number of carbonyl (C=O) groups is 2. The number of aromatic nitrogens is 1. The summed E-state index contributed by atoms with van der Waals surface area (Å²) in [6.07, 6.45) is 1.23. The summed E-state index contributed by atoms with van der Waals surface area (Å²) in [4.78, 5) is 23.0. The molecule has 0 aliphatic rings. The Balaban J connectivity index is 2.07. The number of amides is 1. The Hall–Kier alpha value is -2.83. The molecule has 116 valence electrons. The highest BCUT2D eigenvalue weighted by molar-refractivity contribution is 5.90. The number of anilines is 1. The Bertz CT molecular complexity index is 622. The Morgan fingerprint density at radius 3 is 2.55 bits per heavy atom. The topological polar surface area (TPSA) is 102 Å². The van der Waals surface area contributed by atoms with Crippen LogP contribution in [0.2, 0.25) is 0 Å². The molecule has 7 heteroatoms. The molecule has 0 aliphatic heterocycles. The predicted octanol–water partition coefficient (Wildman–Crippen LogP) is 2.27. The fourth-order valence-corrected chi connectivity index (χ4v) is 2.09. The highest BCUT2D eigenvalue weighted by Crippen LogP contribution is 2.26. The van der Waals surface area contributed by atoms with Gasteiger partial charge in [0.05, 0.1) is 13.5 Å². The molecule has 2 N–H and O–H groups in total. The van der Waals surface area contributed by atoms with E-state index in [9.17, 15) is 9.59 Å². The van der Waals surface area contributed by atoms with Crippen LogP contribution in [0.1, 0.15) is 24.3 Å². The van der Waals surface area contributed by atoms with Crippen LogP contribution >= 0.6 is 0 Å². The molecule has 0 bridgehead atoms. The van der Waals surface area contributed by atoms with Crippen LogP contribution in [-0.2, 0) is 9.59 Å². The number of nitrogens with zero attached hydrogens (tertiary/aromatic N) is 1. The van der Waals surface area contributed by atoms with E-state index in [1.165, 1.54) is 12.3 Å². The number of hydrogen-bond acceptors (Lipinski definition) is 5. The van der Waals surface area contributed by atoms with Gasteiger partial charge >= 0.3 is 5.97 Å². The lowest BCUT2D eigenvalue weighted by Gasteiger charge is -2.15. The molecule has 0 saturated heterocycles. The second kappa shape index (κ2) is 7.26. The van der Waals surface area contributed by atoms with E-state index in [0.717, 1.165) is 5.56 Å². The number of carboxylic acid groups (broad SMARTS) is 1. The van der Waals surface area contributed by atoms with E-state index in [1.54, 1.807) is 31.4 Å². The lowest BCUT2D eigenvalue weighted by molar-refractivity contribution is -0.137. The third kappa shape index (κ3) is 4.34. The number of benzene rings is 1. The molecule has 22 heavy (non-hydrogen) atoms. The van der Waals surface area contributed by atoms with E-state index < -0.39 is 11.9 Å². The second-order valence-electron chi connectivity index (χ2n) is 4.70. The van der Waals surface area contributed by atoms with Crippen molar-refractivity contribution in [3.05, 3.63) is 42.2 Å². The van der Waals surface area contributed by atoms with Crippen molar-refractivity contribution >= 4 is 17.7 Å². The molecule has 2 rings (SSSR count). The van der Waals surface area contributed by atoms with Crippen molar-refractivity contribution < 1.29 is 24.0 Å². The summed E-state index contributed by atoms with van der Waals surface area (Å²) in [5.41, 5.74) is 0.763. The Labute approximate surface area is 126 Å². The van der Waals surface area contributed by atoms with E-state index in [-0.39, 0.29) is 18.7 Å². The summed E-state index contributed by atoms with van der Waals surface area (Å²) in [5, 5.41) is 15.2. The first-order valence-corrected chi connectivity index (χ1v) is 6.64. The largest absolute Gasteiger partial charge is 0.497 e. The van der Waals surface area contributed by atoms with Crippen molar-refractivity contribution in [3.8, 4) is 5.75 Å². The van der Waals surface area contributed by atoms with Crippen molar-refractivity contribution in [2.75, 3.05) is 12.4 Å². The van der Waals surface area contributed by atoms with Gasteiger partial charge in [0.2, 0.25) is 5.91 Å². The maximum Gasteiger partial charge on any atom is 0.303 e. The van der Waals surface area contributed by atoms with Gasteiger partial charge in [-0.1, -0.05) is 17.3 Å². The molecule has 7 nitrogen and oxygen atoms in total. The Kier molecular flexibility index (Phi) is 5.13. The second-order valence-corrected chi connectivity index (χ2v) is 4.70. The molecule has 1 unspecified atom stereocenters. The maximum atomic E-state index is 12.0. The lowest BCUT2D eigenvalue weighted by Crippen LogP contribution is -2.17. The van der Waals surface area contributed by atoms with E-state index in [0.29, 0.717) is 11.6 Å². The first kappa shape index (κ1) is 15.6. The minimum Gasteiger partial charge on any atom is -0.497 e. The van der Waals surface area contributed by atoms with Crippen LogP contribution in [0, 0.1) is 0 Å². The monoisotopic (exact) mass is 304 g/mol. The van der Waals surface area contributed by atoms with Crippen LogP contribution in [0.3, 0.4) is 0 Å². The summed E-state index contributed by atoms with van der Waals surface area (Å²) in [7, 11) is 1.55. The van der Waals surface area contributed by atoms with Crippen LogP contribution in [0.4, 0.5) is 5.82 Å². The van der Waals surface area contributed by atoms with Crippen molar-refractivity contribution in [2.24, 2.45) is 0 Å². The zero-order chi connectivity index (χ0) is 15.9. The van der Waals surface area contributed by atoms with Crippen molar-refractivity contribution in [1.29, 1.82) is 0 Å². The molecule has 0 spiro atoms. The molecule has 0 radical (unpaired) electrons. The van der Waals surface area contributed by atoms with Crippen LogP contribution in [0.5, 0.6) is 5.75 Å². The number of carbonyl (C=O) groups excluding carboxylic acids is 1. The van der Waals surface area contributed by atoms with E-state index in [2.05, 4.69) is 15.0 Å². The quantitative estimate of drug-likeness (QED) is 0.813. The molecule has 2 aromatic rings. The molecule has 1 heterocycles. The first-order chi connectivity index (χ1) is 10.6. The van der Waals surface area contributed by atoms with Gasteiger partial charge in [-0.25, -0.2) is 0 Å². The predicted molar refractivity (Wildman–Crippen MR) is 77.7 cm³/mol. The molecule has 0 saturated carbocycles. The molecular formula is C15H16N2O5. The van der Waals surface area contributed by atoms with Gasteiger partial charge in [0.15, 0.2) is 5.82 Å². The maximum absolute atomic E-state index is 12.0. The molecule has 1 atom stereocenters. The van der Waals surface area contributed by atoms with E-state index >= 15 is 0 Å². The SMILES string of the molecule is COc1ccc(C(CC(=O)O)CC(=O)Nc2ccon2)cc1. The summed E-state index contributed by atoms with van der Waals surface area (Å²) >= 11 is 0. The van der Waals surface area contributed by atoms with Gasteiger partial charge in [-0.3, -0.25) is 9.59 Å². The van der Waals surface area contributed by atoms with Crippen molar-refractivity contribution in [2.45, 2.75) is 18.8 Å². The number of methoxy groups -OCH3 is 1. The zero-order valence-electron chi connectivity index (χ0n) is 12.0. The molecule has 1 aromatic heterocycles. The number of aliphatic carboxylic acids is 1. The van der Waals surface area contributed by atoms with Crippen LogP contribution < -0.4 is 10.1 Å². The molecule has 1 aromatic carbocycles. The third-order valence-electron chi connectivity index (χ3n) is 3.15. The van der Waals surface area contributed by atoms with Gasteiger partial charge in [0.25, 0.3) is 0 Å². The van der Waals surface area contributed by atoms with Gasteiger partial charge in [0, 0.05) is 18.4 Å².